The smallest absolute Gasteiger partial charge is 0.319 e. The normalized spacial score (nSPS) is 14.8. The minimum atomic E-state index is -0.938. The molecule has 4 nitrogen and oxygen atoms in total. The van der Waals surface area contributed by atoms with E-state index in [9.17, 15) is 9.90 Å². The molecule has 1 N–H and O–H groups in total. The van der Waals surface area contributed by atoms with Gasteiger partial charge in [0.1, 0.15) is 4.75 Å². The molecule has 0 atom stereocenters. The van der Waals surface area contributed by atoms with E-state index in [2.05, 4.69) is 35.3 Å². The van der Waals surface area contributed by atoms with Gasteiger partial charge in [-0.25, -0.2) is 4.98 Å². The van der Waals surface area contributed by atoms with Gasteiger partial charge >= 0.3 is 5.97 Å². The van der Waals surface area contributed by atoms with Crippen molar-refractivity contribution in [1.29, 1.82) is 0 Å². The highest BCUT2D eigenvalue weighted by Gasteiger charge is 2.31. The first kappa shape index (κ1) is 16.2. The molecule has 0 bridgehead atoms. The molecular weight excluding hydrogens is 332 g/mol. The maximum Gasteiger partial charge on any atom is 0.319 e. The van der Waals surface area contributed by atoms with E-state index in [4.69, 9.17) is 0 Å². The third-order valence-corrected chi connectivity index (χ3v) is 5.85. The van der Waals surface area contributed by atoms with E-state index in [0.717, 1.165) is 5.69 Å². The lowest BCUT2D eigenvalue weighted by atomic mass is 9.99. The minimum absolute atomic E-state index is 0.682. The van der Waals surface area contributed by atoms with Crippen LogP contribution >= 0.6 is 11.8 Å². The second-order valence-corrected chi connectivity index (χ2v) is 8.58. The zero-order valence-corrected chi connectivity index (χ0v) is 15.1. The predicted octanol–water partition coefficient (Wildman–Crippen LogP) is 4.86. The third-order valence-electron chi connectivity index (χ3n) is 4.68. The highest BCUT2D eigenvalue weighted by atomic mass is 32.2. The fraction of sp³-hybridized carbons (Fsp3) is 0.300. The van der Waals surface area contributed by atoms with Crippen LogP contribution in [-0.4, -0.2) is 25.4 Å². The van der Waals surface area contributed by atoms with Crippen LogP contribution in [0.1, 0.15) is 38.2 Å². The number of carbonyl (C=O) groups is 1. The van der Waals surface area contributed by atoms with Crippen LogP contribution in [-0.2, 0) is 4.79 Å². The zero-order valence-electron chi connectivity index (χ0n) is 14.3. The lowest BCUT2D eigenvalue weighted by Crippen LogP contribution is -2.27. The van der Waals surface area contributed by atoms with E-state index in [-0.39, 0.29) is 0 Å². The van der Waals surface area contributed by atoms with Gasteiger partial charge in [-0.3, -0.25) is 9.36 Å². The number of carboxylic acid groups (broad SMARTS) is 1. The van der Waals surface area contributed by atoms with Gasteiger partial charge in [0.05, 0.1) is 5.69 Å². The summed E-state index contributed by atoms with van der Waals surface area (Å²) in [5.41, 5.74) is 2.46. The molecule has 4 rings (SSSR count). The van der Waals surface area contributed by atoms with Crippen molar-refractivity contribution >= 4 is 28.5 Å². The topological polar surface area (TPSA) is 55.1 Å². The van der Waals surface area contributed by atoms with Crippen molar-refractivity contribution < 1.29 is 9.90 Å². The van der Waals surface area contributed by atoms with Crippen molar-refractivity contribution in [1.82, 2.24) is 9.55 Å². The third kappa shape index (κ3) is 2.93. The number of carboxylic acids is 1. The number of hydrogen-bond donors (Lipinski definition) is 1. The first-order chi connectivity index (χ1) is 12.0. The number of nitrogens with zero attached hydrogens (tertiary/aromatic N) is 2. The molecule has 1 aliphatic carbocycles. The van der Waals surface area contributed by atoms with Gasteiger partial charge in [0.2, 0.25) is 0 Å². The van der Waals surface area contributed by atoms with E-state index in [1.54, 1.807) is 20.0 Å². The molecular formula is C20H20N2O2S. The fourth-order valence-electron chi connectivity index (χ4n) is 3.09. The standard InChI is InChI=1S/C20H20N2O2S/c1-20(2,18(23)24)25-19-21-11-12-22(19)17-10-9-14(13-7-8-13)15-5-3-4-6-16(15)17/h3-6,9-13H,7-8H2,1-2H3,(H,23,24). The molecule has 1 fully saturated rings. The Kier molecular flexibility index (Phi) is 3.84. The van der Waals surface area contributed by atoms with Gasteiger partial charge < -0.3 is 5.11 Å². The van der Waals surface area contributed by atoms with Gasteiger partial charge in [0.15, 0.2) is 5.16 Å². The Morgan fingerprint density at radius 1 is 1.20 bits per heavy atom. The van der Waals surface area contributed by atoms with Crippen LogP contribution in [0.5, 0.6) is 0 Å². The zero-order chi connectivity index (χ0) is 17.6. The van der Waals surface area contributed by atoms with Crippen molar-refractivity contribution in [2.45, 2.75) is 42.5 Å². The quantitative estimate of drug-likeness (QED) is 0.666. The van der Waals surface area contributed by atoms with Crippen LogP contribution < -0.4 is 0 Å². The number of imidazole rings is 1. The monoisotopic (exact) mass is 352 g/mol. The number of hydrogen-bond acceptors (Lipinski definition) is 3. The summed E-state index contributed by atoms with van der Waals surface area (Å²) < 4.78 is 1.06. The van der Waals surface area contributed by atoms with Crippen molar-refractivity contribution in [3.63, 3.8) is 0 Å². The molecule has 2 aromatic carbocycles. The van der Waals surface area contributed by atoms with Gasteiger partial charge in [-0.2, -0.15) is 0 Å². The Labute approximate surface area is 150 Å². The first-order valence-electron chi connectivity index (χ1n) is 8.45. The molecule has 0 unspecified atom stereocenters. The van der Waals surface area contributed by atoms with Gasteiger partial charge in [-0.15, -0.1) is 0 Å². The second-order valence-electron chi connectivity index (χ2n) is 6.99. The van der Waals surface area contributed by atoms with Gasteiger partial charge in [-0.05, 0) is 49.6 Å². The summed E-state index contributed by atoms with van der Waals surface area (Å²) in [6, 6.07) is 12.8. The van der Waals surface area contributed by atoms with Crippen LogP contribution in [0.3, 0.4) is 0 Å². The molecule has 0 amide bonds. The van der Waals surface area contributed by atoms with Crippen LogP contribution in [0, 0.1) is 0 Å². The molecule has 5 heteroatoms. The molecule has 0 saturated heterocycles. The summed E-state index contributed by atoms with van der Waals surface area (Å²) in [7, 11) is 0. The molecule has 128 valence electrons. The number of thioether (sulfide) groups is 1. The van der Waals surface area contributed by atoms with Crippen LogP contribution in [0.2, 0.25) is 0 Å². The highest BCUT2D eigenvalue weighted by Crippen LogP contribution is 2.44. The van der Waals surface area contributed by atoms with Crippen LogP contribution in [0.4, 0.5) is 0 Å². The predicted molar refractivity (Wildman–Crippen MR) is 101 cm³/mol. The van der Waals surface area contributed by atoms with E-state index >= 15 is 0 Å². The van der Waals surface area contributed by atoms with E-state index in [1.807, 2.05) is 16.8 Å². The van der Waals surface area contributed by atoms with Crippen molar-refractivity contribution in [3.05, 3.63) is 54.4 Å². The Bertz CT molecular complexity index is 957. The van der Waals surface area contributed by atoms with E-state index in [1.165, 1.54) is 40.9 Å². The fourth-order valence-corrected chi connectivity index (χ4v) is 4.00. The molecule has 1 saturated carbocycles. The summed E-state index contributed by atoms with van der Waals surface area (Å²) in [5.74, 6) is -0.164. The Hall–Kier alpha value is -2.27. The second kappa shape index (κ2) is 5.92. The summed E-state index contributed by atoms with van der Waals surface area (Å²) in [5, 5.41) is 12.6. The van der Waals surface area contributed by atoms with Gasteiger partial charge in [-0.1, -0.05) is 42.1 Å². The average Bonchev–Trinajstić information content (AvgIpc) is 3.34. The molecule has 0 radical (unpaired) electrons. The molecule has 0 spiro atoms. The summed E-state index contributed by atoms with van der Waals surface area (Å²) in [6.45, 7) is 3.40. The SMILES string of the molecule is CC(C)(Sc1nccn1-c1ccc(C2CC2)c2ccccc12)C(=O)O. The lowest BCUT2D eigenvalue weighted by Gasteiger charge is -2.19. The van der Waals surface area contributed by atoms with Crippen molar-refractivity contribution in [2.24, 2.45) is 0 Å². The van der Waals surface area contributed by atoms with Crippen LogP contribution in [0.15, 0.2) is 53.9 Å². The van der Waals surface area contributed by atoms with Crippen molar-refractivity contribution in [3.8, 4) is 5.69 Å². The van der Waals surface area contributed by atoms with Crippen molar-refractivity contribution in [2.75, 3.05) is 0 Å². The summed E-state index contributed by atoms with van der Waals surface area (Å²) in [4.78, 5) is 15.9. The number of rotatable bonds is 5. The maximum atomic E-state index is 11.5. The minimum Gasteiger partial charge on any atom is -0.480 e. The maximum absolute atomic E-state index is 11.5. The molecule has 1 aromatic heterocycles. The van der Waals surface area contributed by atoms with E-state index in [0.29, 0.717) is 11.1 Å². The van der Waals surface area contributed by atoms with Crippen LogP contribution in [0.25, 0.3) is 16.5 Å². The number of benzene rings is 2. The number of aliphatic carboxylic acids is 1. The number of aromatic nitrogens is 2. The number of fused-ring (bicyclic) bond motifs is 1. The summed E-state index contributed by atoms with van der Waals surface area (Å²) >= 11 is 1.27. The largest absolute Gasteiger partial charge is 0.480 e. The lowest BCUT2D eigenvalue weighted by molar-refractivity contribution is -0.138. The van der Waals surface area contributed by atoms with Gasteiger partial charge in [0.25, 0.3) is 0 Å². The molecule has 25 heavy (non-hydrogen) atoms. The Morgan fingerprint density at radius 3 is 2.60 bits per heavy atom. The molecule has 0 aliphatic heterocycles. The Morgan fingerprint density at radius 2 is 1.92 bits per heavy atom. The molecule has 1 heterocycles. The first-order valence-corrected chi connectivity index (χ1v) is 9.27. The highest BCUT2D eigenvalue weighted by molar-refractivity contribution is 8.01. The van der Waals surface area contributed by atoms with E-state index < -0.39 is 10.7 Å². The van der Waals surface area contributed by atoms with Gasteiger partial charge in [0, 0.05) is 17.8 Å². The Balaban J connectivity index is 1.83. The molecule has 3 aromatic rings. The summed E-state index contributed by atoms with van der Waals surface area (Å²) in [6.07, 6.45) is 6.16. The average molecular weight is 352 g/mol. The molecule has 1 aliphatic rings.